The second-order valence-corrected chi connectivity index (χ2v) is 16.2. The molecule has 0 fully saturated rings. The highest BCUT2D eigenvalue weighted by Gasteiger charge is 2.63. The number of nitrogens with zero attached hydrogens (tertiary/aromatic N) is 3. The normalized spacial score (nSPS) is 12.5. The molecular formula is C22H44N3P. The fourth-order valence-corrected chi connectivity index (χ4v) is 13.9. The summed E-state index contributed by atoms with van der Waals surface area (Å²) in [5.41, 5.74) is 0. The molecule has 0 rings (SSSR count). The second-order valence-electron chi connectivity index (χ2n) is 10.1. The molecule has 4 heteroatoms. The lowest BCUT2D eigenvalue weighted by Crippen LogP contribution is -2.45. The topological polar surface area (TPSA) is 58.5 Å². The summed E-state index contributed by atoms with van der Waals surface area (Å²) in [5, 5.41) is 16.2. The zero-order valence-electron chi connectivity index (χ0n) is 19.2. The van der Waals surface area contributed by atoms with E-state index in [-0.39, 0.29) is 0 Å². The summed E-state index contributed by atoms with van der Waals surface area (Å²) in [4.78, 5) is 2.58. The van der Waals surface area contributed by atoms with E-state index in [1.807, 2.05) is 0 Å². The molecule has 0 aliphatic rings. The lowest BCUT2D eigenvalue weighted by Gasteiger charge is -2.54. The average molecular weight is 382 g/mol. The lowest BCUT2D eigenvalue weighted by molar-refractivity contribution is 0.591. The molecule has 0 unspecified atom stereocenters. The van der Waals surface area contributed by atoms with Crippen molar-refractivity contribution in [2.45, 2.75) is 123 Å². The van der Waals surface area contributed by atoms with Crippen LogP contribution in [-0.4, -0.2) is 27.6 Å². The highest BCUT2D eigenvalue weighted by Crippen LogP contribution is 2.83. The van der Waals surface area contributed by atoms with E-state index in [2.05, 4.69) is 74.2 Å². The SMILES string of the molecule is CCCCCCCC[P+](C(C)(C)C)(C(C)(C)C)C(C)(C)C.N#CN=C=[N-]. The average Bonchev–Trinajstić information content (AvgIpc) is 2.43. The minimum absolute atomic E-state index is 0.437. The predicted molar refractivity (Wildman–Crippen MR) is 121 cm³/mol. The van der Waals surface area contributed by atoms with Gasteiger partial charge in [0.1, 0.15) is 0 Å². The molecule has 0 saturated carbocycles. The number of hydrogen-bond acceptors (Lipinski definition) is 2. The Hall–Kier alpha value is -0.700. The van der Waals surface area contributed by atoms with Gasteiger partial charge in [-0.05, 0) is 75.2 Å². The van der Waals surface area contributed by atoms with Gasteiger partial charge in [-0.3, -0.25) is 0 Å². The van der Waals surface area contributed by atoms with Crippen molar-refractivity contribution in [1.29, 1.82) is 5.26 Å². The molecule has 0 saturated heterocycles. The Labute approximate surface area is 164 Å². The number of unbranched alkanes of at least 4 members (excludes halogenated alkanes) is 5. The molecule has 0 aromatic heterocycles. The van der Waals surface area contributed by atoms with Crippen LogP contribution in [0.25, 0.3) is 5.41 Å². The number of nitriles is 1. The Balaban J connectivity index is 0. The van der Waals surface area contributed by atoms with E-state index in [0.29, 0.717) is 15.5 Å². The summed E-state index contributed by atoms with van der Waals surface area (Å²) in [6.45, 7) is 24.9. The van der Waals surface area contributed by atoms with Crippen molar-refractivity contribution < 1.29 is 0 Å². The first-order valence-corrected chi connectivity index (χ1v) is 12.1. The van der Waals surface area contributed by atoms with E-state index < -0.39 is 7.26 Å². The van der Waals surface area contributed by atoms with Crippen LogP contribution in [0.5, 0.6) is 0 Å². The summed E-state index contributed by atoms with van der Waals surface area (Å²) < 4.78 is 0. The molecule has 152 valence electrons. The van der Waals surface area contributed by atoms with Crippen molar-refractivity contribution in [3.8, 4) is 6.19 Å². The molecule has 0 bridgehead atoms. The Kier molecular flexibility index (Phi) is 12.6. The maximum absolute atomic E-state index is 7.43. The van der Waals surface area contributed by atoms with Crippen molar-refractivity contribution in [3.05, 3.63) is 5.41 Å². The van der Waals surface area contributed by atoms with Crippen LogP contribution in [0.4, 0.5) is 0 Å². The van der Waals surface area contributed by atoms with Crippen LogP contribution < -0.4 is 0 Å². The number of hydrogen-bond donors (Lipinski definition) is 0. The van der Waals surface area contributed by atoms with Gasteiger partial charge in [-0.1, -0.05) is 32.6 Å². The Morgan fingerprint density at radius 2 is 1.15 bits per heavy atom. The van der Waals surface area contributed by atoms with E-state index in [9.17, 15) is 0 Å². The quantitative estimate of drug-likeness (QED) is 0.191. The molecule has 0 aromatic carbocycles. The molecule has 0 heterocycles. The van der Waals surface area contributed by atoms with Gasteiger partial charge in [0.25, 0.3) is 0 Å². The van der Waals surface area contributed by atoms with Gasteiger partial charge in [-0.15, -0.1) is 6.01 Å². The Morgan fingerprint density at radius 1 is 0.769 bits per heavy atom. The van der Waals surface area contributed by atoms with Crippen LogP contribution in [0, 0.1) is 11.5 Å². The highest BCUT2D eigenvalue weighted by molar-refractivity contribution is 7.80. The molecular weight excluding hydrogens is 337 g/mol. The number of rotatable bonds is 7. The fraction of sp³-hybridized carbons (Fsp3) is 0.909. The highest BCUT2D eigenvalue weighted by atomic mass is 31.2. The lowest BCUT2D eigenvalue weighted by atomic mass is 10.1. The van der Waals surface area contributed by atoms with Crippen molar-refractivity contribution in [3.63, 3.8) is 0 Å². The number of aliphatic imine (C=N–C) groups is 1. The largest absolute Gasteiger partial charge is 0.422 e. The first-order valence-electron chi connectivity index (χ1n) is 10.1. The van der Waals surface area contributed by atoms with Gasteiger partial charge in [0.2, 0.25) is 0 Å². The Morgan fingerprint density at radius 3 is 1.42 bits per heavy atom. The van der Waals surface area contributed by atoms with E-state index in [1.54, 1.807) is 0 Å². The summed E-state index contributed by atoms with van der Waals surface area (Å²) in [7, 11) is -1.10. The minimum Gasteiger partial charge on any atom is -0.422 e. The van der Waals surface area contributed by atoms with Gasteiger partial charge in [0, 0.05) is 7.26 Å². The Bertz CT molecular complexity index is 428. The molecule has 3 nitrogen and oxygen atoms in total. The molecule has 0 N–H and O–H groups in total. The van der Waals surface area contributed by atoms with Crippen molar-refractivity contribution in [1.82, 2.24) is 0 Å². The molecule has 0 amide bonds. The summed E-state index contributed by atoms with van der Waals surface area (Å²) in [6.07, 6.45) is 11.3. The van der Waals surface area contributed by atoms with E-state index >= 15 is 0 Å². The zero-order valence-corrected chi connectivity index (χ0v) is 20.1. The van der Waals surface area contributed by atoms with E-state index in [1.165, 1.54) is 56.9 Å². The second kappa shape index (κ2) is 11.9. The maximum Gasteiger partial charge on any atom is 0.0925 e. The van der Waals surface area contributed by atoms with Gasteiger partial charge in [-0.2, -0.15) is 5.26 Å². The van der Waals surface area contributed by atoms with Crippen molar-refractivity contribution in [2.75, 3.05) is 6.16 Å². The van der Waals surface area contributed by atoms with Gasteiger partial charge in [-0.25, -0.2) is 0 Å². The smallest absolute Gasteiger partial charge is 0.0925 e. The van der Waals surface area contributed by atoms with Crippen LogP contribution in [0.1, 0.15) is 108 Å². The summed E-state index contributed by atoms with van der Waals surface area (Å²) in [6, 6.07) is 1.28. The van der Waals surface area contributed by atoms with Crippen LogP contribution in [0.2, 0.25) is 0 Å². The maximum atomic E-state index is 7.43. The van der Waals surface area contributed by atoms with Crippen LogP contribution in [0.15, 0.2) is 4.99 Å². The molecule has 0 spiro atoms. The summed E-state index contributed by atoms with van der Waals surface area (Å²) in [5.74, 6) is 0. The molecule has 0 aliphatic carbocycles. The van der Waals surface area contributed by atoms with Gasteiger partial charge < -0.3 is 10.4 Å². The third kappa shape index (κ3) is 8.33. The molecule has 0 aromatic rings. The minimum atomic E-state index is -1.10. The molecule has 0 radical (unpaired) electrons. The first-order chi connectivity index (χ1) is 11.7. The summed E-state index contributed by atoms with van der Waals surface area (Å²) >= 11 is 0. The van der Waals surface area contributed by atoms with Crippen LogP contribution in [0.3, 0.4) is 0 Å². The molecule has 0 aliphatic heterocycles. The van der Waals surface area contributed by atoms with Gasteiger partial charge >= 0.3 is 0 Å². The van der Waals surface area contributed by atoms with Crippen molar-refractivity contribution in [2.24, 2.45) is 4.99 Å². The molecule has 0 atom stereocenters. The van der Waals surface area contributed by atoms with Crippen LogP contribution >= 0.6 is 7.26 Å². The van der Waals surface area contributed by atoms with Gasteiger partial charge in [0.05, 0.1) is 27.8 Å². The third-order valence-corrected chi connectivity index (χ3v) is 13.2. The van der Waals surface area contributed by atoms with E-state index in [0.717, 1.165) is 0 Å². The monoisotopic (exact) mass is 381 g/mol. The first kappa shape index (κ1) is 27.5. The fourth-order valence-electron chi connectivity index (χ4n) is 5.18. The standard InChI is InChI=1S/C20H44P.C2N3/c1-11-12-13-14-15-16-17-21(18(2,3)4,19(5,6)7)20(8,9)10;3-1-5-2-4/h11-17H2,1-10H3;/q+1;-1. The third-order valence-electron chi connectivity index (χ3n) is 5.38. The predicted octanol–water partition coefficient (Wildman–Crippen LogP) is 7.97. The van der Waals surface area contributed by atoms with Crippen molar-refractivity contribution >= 4 is 13.3 Å². The zero-order chi connectivity index (χ0) is 21.1. The van der Waals surface area contributed by atoms with Gasteiger partial charge in [0.15, 0.2) is 0 Å². The molecule has 26 heavy (non-hydrogen) atoms. The van der Waals surface area contributed by atoms with E-state index in [4.69, 9.17) is 10.7 Å². The van der Waals surface area contributed by atoms with Crippen LogP contribution in [-0.2, 0) is 0 Å².